The Morgan fingerprint density at radius 3 is 2.81 bits per heavy atom. The lowest BCUT2D eigenvalue weighted by atomic mass is 9.99. The molecule has 2 aromatic rings. The maximum absolute atomic E-state index is 11.5. The third-order valence-corrected chi connectivity index (χ3v) is 5.76. The second-order valence-corrected chi connectivity index (χ2v) is 7.97. The van der Waals surface area contributed by atoms with Crippen LogP contribution in [0, 0.1) is 10.1 Å². The van der Waals surface area contributed by atoms with Gasteiger partial charge in [0.15, 0.2) is 0 Å². The number of hydrogen-bond donors (Lipinski definition) is 3. The number of piperidine rings is 1. The highest BCUT2D eigenvalue weighted by molar-refractivity contribution is 5.71. The first-order valence-corrected chi connectivity index (χ1v) is 10.9. The minimum Gasteiger partial charge on any atom is -0.395 e. The molecule has 0 aliphatic carbocycles. The molecule has 1 saturated heterocycles. The molecule has 0 amide bonds. The van der Waals surface area contributed by atoms with Crippen LogP contribution in [0.25, 0.3) is 11.3 Å². The number of anilines is 1. The molecule has 9 heteroatoms. The van der Waals surface area contributed by atoms with E-state index in [2.05, 4.69) is 20.2 Å². The average Bonchev–Trinajstić information content (AvgIpc) is 2.79. The Balaban J connectivity index is 1.41. The molecule has 1 aliphatic heterocycles. The molecule has 31 heavy (non-hydrogen) atoms. The van der Waals surface area contributed by atoms with Crippen LogP contribution in [-0.4, -0.2) is 68.4 Å². The Morgan fingerprint density at radius 2 is 2.06 bits per heavy atom. The van der Waals surface area contributed by atoms with E-state index in [1.807, 2.05) is 6.07 Å². The standard InChI is InChI=1S/C22H31N5O4/c28-16-18-14-19(29)7-12-26(18)11-4-2-1-3-8-24-20-6-5-17(13-22(20)27(30)31)21-15-23-9-10-25-21/h5-6,9-10,13,15,18-19,24,28-29H,1-4,7-8,11-12,14,16H2. The number of likely N-dealkylation sites (tertiary alicyclic amines) is 1. The Labute approximate surface area is 182 Å². The summed E-state index contributed by atoms with van der Waals surface area (Å²) in [7, 11) is 0. The number of nitrogens with one attached hydrogen (secondary N) is 1. The van der Waals surface area contributed by atoms with Crippen LogP contribution in [0.4, 0.5) is 11.4 Å². The minimum absolute atomic E-state index is 0.0329. The summed E-state index contributed by atoms with van der Waals surface area (Å²) in [6.45, 7) is 2.53. The molecule has 1 aromatic heterocycles. The maximum Gasteiger partial charge on any atom is 0.292 e. The van der Waals surface area contributed by atoms with Gasteiger partial charge in [-0.05, 0) is 38.3 Å². The summed E-state index contributed by atoms with van der Waals surface area (Å²) < 4.78 is 0. The smallest absolute Gasteiger partial charge is 0.292 e. The van der Waals surface area contributed by atoms with Crippen LogP contribution in [-0.2, 0) is 0 Å². The third-order valence-electron chi connectivity index (χ3n) is 5.76. The van der Waals surface area contributed by atoms with E-state index in [0.29, 0.717) is 29.9 Å². The van der Waals surface area contributed by atoms with Gasteiger partial charge in [0.05, 0.1) is 29.5 Å². The van der Waals surface area contributed by atoms with Crippen molar-refractivity contribution < 1.29 is 15.1 Å². The number of nitro groups is 1. The summed E-state index contributed by atoms with van der Waals surface area (Å²) in [6.07, 6.45) is 9.89. The number of hydrogen-bond acceptors (Lipinski definition) is 8. The molecular weight excluding hydrogens is 398 g/mol. The van der Waals surface area contributed by atoms with Crippen molar-refractivity contribution in [2.75, 3.05) is 31.6 Å². The molecule has 9 nitrogen and oxygen atoms in total. The lowest BCUT2D eigenvalue weighted by Gasteiger charge is -2.36. The number of rotatable bonds is 11. The van der Waals surface area contributed by atoms with E-state index in [1.165, 1.54) is 6.07 Å². The van der Waals surface area contributed by atoms with E-state index in [0.717, 1.165) is 45.2 Å². The fraction of sp³-hybridized carbons (Fsp3) is 0.545. The van der Waals surface area contributed by atoms with Gasteiger partial charge in [-0.3, -0.25) is 25.0 Å². The number of aromatic nitrogens is 2. The molecule has 1 fully saturated rings. The number of nitrogens with zero attached hydrogens (tertiary/aromatic N) is 4. The number of benzene rings is 1. The number of aliphatic hydroxyl groups excluding tert-OH is 2. The maximum atomic E-state index is 11.5. The van der Waals surface area contributed by atoms with Gasteiger partial charge < -0.3 is 15.5 Å². The molecule has 0 bridgehead atoms. The quantitative estimate of drug-likeness (QED) is 0.283. The lowest BCUT2D eigenvalue weighted by molar-refractivity contribution is -0.383. The SMILES string of the molecule is O=[N+]([O-])c1cc(-c2cnccn2)ccc1NCCCCCCN1CCC(O)CC1CO. The molecule has 0 radical (unpaired) electrons. The highest BCUT2D eigenvalue weighted by atomic mass is 16.6. The molecule has 0 spiro atoms. The number of aliphatic hydroxyl groups is 2. The average molecular weight is 430 g/mol. The zero-order valence-corrected chi connectivity index (χ0v) is 17.7. The van der Waals surface area contributed by atoms with Crippen molar-refractivity contribution in [2.24, 2.45) is 0 Å². The largest absolute Gasteiger partial charge is 0.395 e. The van der Waals surface area contributed by atoms with Crippen LogP contribution < -0.4 is 5.32 Å². The van der Waals surface area contributed by atoms with E-state index in [1.54, 1.807) is 24.7 Å². The van der Waals surface area contributed by atoms with Gasteiger partial charge in [-0.1, -0.05) is 18.9 Å². The van der Waals surface area contributed by atoms with E-state index in [-0.39, 0.29) is 29.4 Å². The van der Waals surface area contributed by atoms with Crippen molar-refractivity contribution in [3.05, 3.63) is 46.9 Å². The summed E-state index contributed by atoms with van der Waals surface area (Å²) in [6, 6.07) is 5.13. The van der Waals surface area contributed by atoms with E-state index >= 15 is 0 Å². The summed E-state index contributed by atoms with van der Waals surface area (Å²) >= 11 is 0. The molecular formula is C22H31N5O4. The van der Waals surface area contributed by atoms with Crippen molar-refractivity contribution >= 4 is 11.4 Å². The zero-order valence-electron chi connectivity index (χ0n) is 17.7. The second kappa shape index (κ2) is 11.7. The predicted molar refractivity (Wildman–Crippen MR) is 119 cm³/mol. The molecule has 168 valence electrons. The first-order valence-electron chi connectivity index (χ1n) is 10.9. The fourth-order valence-electron chi connectivity index (χ4n) is 4.02. The summed E-state index contributed by atoms with van der Waals surface area (Å²) in [5, 5.41) is 33.9. The summed E-state index contributed by atoms with van der Waals surface area (Å²) in [4.78, 5) is 21.6. The Morgan fingerprint density at radius 1 is 1.23 bits per heavy atom. The summed E-state index contributed by atoms with van der Waals surface area (Å²) in [5.41, 5.74) is 1.81. The van der Waals surface area contributed by atoms with Crippen LogP contribution >= 0.6 is 0 Å². The normalized spacial score (nSPS) is 19.3. The third kappa shape index (κ3) is 6.68. The van der Waals surface area contributed by atoms with Gasteiger partial charge in [-0.15, -0.1) is 0 Å². The zero-order chi connectivity index (χ0) is 22.1. The Kier molecular flexibility index (Phi) is 8.69. The van der Waals surface area contributed by atoms with Crippen molar-refractivity contribution in [3.8, 4) is 11.3 Å². The minimum atomic E-state index is -0.380. The van der Waals surface area contributed by atoms with Gasteiger partial charge in [0, 0.05) is 43.2 Å². The Bertz CT molecular complexity index is 836. The Hall–Kier alpha value is -2.62. The van der Waals surface area contributed by atoms with Crippen LogP contribution in [0.3, 0.4) is 0 Å². The van der Waals surface area contributed by atoms with Crippen LogP contribution in [0.15, 0.2) is 36.8 Å². The molecule has 1 aromatic carbocycles. The summed E-state index contributed by atoms with van der Waals surface area (Å²) in [5.74, 6) is 0. The molecule has 2 heterocycles. The molecule has 2 unspecified atom stereocenters. The molecule has 3 rings (SSSR count). The fourth-order valence-corrected chi connectivity index (χ4v) is 4.02. The van der Waals surface area contributed by atoms with Crippen molar-refractivity contribution in [1.82, 2.24) is 14.9 Å². The van der Waals surface area contributed by atoms with E-state index < -0.39 is 0 Å². The lowest BCUT2D eigenvalue weighted by Crippen LogP contribution is -2.46. The van der Waals surface area contributed by atoms with E-state index in [4.69, 9.17) is 0 Å². The van der Waals surface area contributed by atoms with Crippen molar-refractivity contribution in [3.63, 3.8) is 0 Å². The first kappa shape index (κ1) is 23.1. The van der Waals surface area contributed by atoms with E-state index in [9.17, 15) is 20.3 Å². The molecule has 2 atom stereocenters. The first-order chi connectivity index (χ1) is 15.1. The van der Waals surface area contributed by atoms with Crippen LogP contribution in [0.1, 0.15) is 38.5 Å². The highest BCUT2D eigenvalue weighted by Crippen LogP contribution is 2.29. The molecule has 3 N–H and O–H groups in total. The number of unbranched alkanes of at least 4 members (excludes halogenated alkanes) is 3. The second-order valence-electron chi connectivity index (χ2n) is 7.97. The highest BCUT2D eigenvalue weighted by Gasteiger charge is 2.26. The topological polar surface area (TPSA) is 125 Å². The van der Waals surface area contributed by atoms with Crippen molar-refractivity contribution in [1.29, 1.82) is 0 Å². The van der Waals surface area contributed by atoms with Crippen LogP contribution in [0.2, 0.25) is 0 Å². The van der Waals surface area contributed by atoms with Gasteiger partial charge in [-0.2, -0.15) is 0 Å². The molecule has 1 aliphatic rings. The molecule has 0 saturated carbocycles. The predicted octanol–water partition coefficient (Wildman–Crippen LogP) is 2.84. The van der Waals surface area contributed by atoms with Gasteiger partial charge in [-0.25, -0.2) is 0 Å². The van der Waals surface area contributed by atoms with Gasteiger partial charge in [0.2, 0.25) is 0 Å². The van der Waals surface area contributed by atoms with Crippen molar-refractivity contribution in [2.45, 2.75) is 50.7 Å². The van der Waals surface area contributed by atoms with Crippen LogP contribution in [0.5, 0.6) is 0 Å². The monoisotopic (exact) mass is 429 g/mol. The van der Waals surface area contributed by atoms with Gasteiger partial charge in [0.25, 0.3) is 5.69 Å². The number of nitro benzene ring substituents is 1. The van der Waals surface area contributed by atoms with Gasteiger partial charge in [0.1, 0.15) is 5.69 Å². The van der Waals surface area contributed by atoms with Gasteiger partial charge >= 0.3 is 0 Å².